The molecule has 3 amide bonds. The van der Waals surface area contributed by atoms with Gasteiger partial charge in [-0.05, 0) is 49.6 Å². The number of carbonyl (C=O) groups is 2. The van der Waals surface area contributed by atoms with E-state index in [1.165, 1.54) is 6.07 Å². The van der Waals surface area contributed by atoms with Gasteiger partial charge >= 0.3 is 6.03 Å². The number of hydrogen-bond donors (Lipinski definition) is 1. The van der Waals surface area contributed by atoms with E-state index in [0.717, 1.165) is 4.90 Å². The number of aromatic nitrogens is 2. The number of imide groups is 1. The molecule has 2 aromatic carbocycles. The predicted octanol–water partition coefficient (Wildman–Crippen LogP) is 3.46. The molecule has 0 saturated carbocycles. The van der Waals surface area contributed by atoms with Crippen LogP contribution < -0.4 is 5.32 Å². The number of halogens is 1. The lowest BCUT2D eigenvalue weighted by atomic mass is 9.91. The Kier molecular flexibility index (Phi) is 5.45. The van der Waals surface area contributed by atoms with Crippen LogP contribution in [0.1, 0.15) is 35.9 Å². The maximum atomic E-state index is 13.8. The van der Waals surface area contributed by atoms with Crippen LogP contribution in [-0.4, -0.2) is 33.5 Å². The van der Waals surface area contributed by atoms with E-state index in [4.69, 9.17) is 9.78 Å². The number of nitriles is 1. The minimum atomic E-state index is -1.20. The Bertz CT molecular complexity index is 1230. The average molecular weight is 433 g/mol. The van der Waals surface area contributed by atoms with E-state index in [1.807, 2.05) is 6.07 Å². The summed E-state index contributed by atoms with van der Waals surface area (Å²) < 4.78 is 19.0. The van der Waals surface area contributed by atoms with Gasteiger partial charge in [0.05, 0.1) is 11.6 Å². The third-order valence-electron chi connectivity index (χ3n) is 5.54. The molecule has 3 aromatic rings. The maximum absolute atomic E-state index is 13.8. The Hall–Kier alpha value is -4.06. The molecule has 1 saturated heterocycles. The molecule has 4 rings (SSSR count). The van der Waals surface area contributed by atoms with Crippen molar-refractivity contribution < 1.29 is 18.5 Å². The fourth-order valence-electron chi connectivity index (χ4n) is 3.57. The first kappa shape index (κ1) is 21.2. The van der Waals surface area contributed by atoms with Crippen LogP contribution in [0.3, 0.4) is 0 Å². The molecular weight excluding hydrogens is 413 g/mol. The molecule has 0 bridgehead atoms. The van der Waals surface area contributed by atoms with Crippen molar-refractivity contribution in [1.82, 2.24) is 20.4 Å². The van der Waals surface area contributed by atoms with Gasteiger partial charge in [-0.3, -0.25) is 9.69 Å². The normalized spacial score (nSPS) is 18.0. The lowest BCUT2D eigenvalue weighted by Gasteiger charge is -2.22. The highest BCUT2D eigenvalue weighted by atomic mass is 19.1. The molecule has 1 N–H and O–H groups in total. The Morgan fingerprint density at radius 2 is 1.97 bits per heavy atom. The number of aryl methyl sites for hydroxylation is 2. The van der Waals surface area contributed by atoms with Crippen molar-refractivity contribution in [3.63, 3.8) is 0 Å². The summed E-state index contributed by atoms with van der Waals surface area (Å²) in [5.41, 5.74) is 0.912. The Morgan fingerprint density at radius 1 is 1.22 bits per heavy atom. The monoisotopic (exact) mass is 433 g/mol. The molecule has 0 radical (unpaired) electrons. The number of carbonyl (C=O) groups excluding carboxylic acids is 2. The molecule has 1 fully saturated rings. The molecule has 1 aliphatic rings. The smallest absolute Gasteiger partial charge is 0.325 e. The highest BCUT2D eigenvalue weighted by molar-refractivity contribution is 6.07. The summed E-state index contributed by atoms with van der Waals surface area (Å²) in [6.45, 7) is 3.48. The van der Waals surface area contributed by atoms with Gasteiger partial charge in [-0.15, -0.1) is 0 Å². The van der Waals surface area contributed by atoms with Gasteiger partial charge in [-0.1, -0.05) is 29.4 Å². The molecule has 1 aromatic heterocycles. The second kappa shape index (κ2) is 8.23. The molecule has 162 valence electrons. The lowest BCUT2D eigenvalue weighted by Crippen LogP contribution is -2.41. The van der Waals surface area contributed by atoms with Crippen LogP contribution in [0, 0.1) is 24.1 Å². The summed E-state index contributed by atoms with van der Waals surface area (Å²) in [7, 11) is 0. The maximum Gasteiger partial charge on any atom is 0.325 e. The van der Waals surface area contributed by atoms with Gasteiger partial charge in [-0.2, -0.15) is 10.2 Å². The van der Waals surface area contributed by atoms with E-state index < -0.39 is 11.6 Å². The van der Waals surface area contributed by atoms with Crippen LogP contribution in [0.4, 0.5) is 9.18 Å². The molecular formula is C23H20FN5O3. The Labute approximate surface area is 183 Å². The van der Waals surface area contributed by atoms with Crippen LogP contribution in [0.25, 0.3) is 11.4 Å². The van der Waals surface area contributed by atoms with E-state index in [-0.39, 0.29) is 24.1 Å². The third-order valence-corrected chi connectivity index (χ3v) is 5.54. The molecule has 2 heterocycles. The number of rotatable bonds is 6. The van der Waals surface area contributed by atoms with Gasteiger partial charge in [-0.25, -0.2) is 9.18 Å². The van der Waals surface area contributed by atoms with E-state index in [1.54, 1.807) is 50.2 Å². The first-order valence-corrected chi connectivity index (χ1v) is 10.1. The summed E-state index contributed by atoms with van der Waals surface area (Å²) in [5, 5.41) is 15.6. The van der Waals surface area contributed by atoms with E-state index >= 15 is 0 Å². The molecule has 1 aliphatic heterocycles. The van der Waals surface area contributed by atoms with Crippen LogP contribution in [0.2, 0.25) is 0 Å². The lowest BCUT2D eigenvalue weighted by molar-refractivity contribution is -0.131. The molecule has 1 unspecified atom stereocenters. The molecule has 8 nitrogen and oxygen atoms in total. The van der Waals surface area contributed by atoms with Gasteiger partial charge in [0.25, 0.3) is 5.91 Å². The zero-order chi connectivity index (χ0) is 22.9. The van der Waals surface area contributed by atoms with Crippen LogP contribution in [-0.2, 0) is 16.8 Å². The van der Waals surface area contributed by atoms with Crippen LogP contribution >= 0.6 is 0 Å². The van der Waals surface area contributed by atoms with Gasteiger partial charge < -0.3 is 9.84 Å². The van der Waals surface area contributed by atoms with Crippen LogP contribution in [0.15, 0.2) is 47.0 Å². The number of urea groups is 1. The van der Waals surface area contributed by atoms with E-state index in [0.29, 0.717) is 41.0 Å². The van der Waals surface area contributed by atoms with Gasteiger partial charge in [0.2, 0.25) is 11.7 Å². The molecule has 0 aliphatic carbocycles. The number of amides is 3. The van der Waals surface area contributed by atoms with Crippen molar-refractivity contribution in [2.24, 2.45) is 0 Å². The summed E-state index contributed by atoms with van der Waals surface area (Å²) in [6, 6.07) is 12.8. The number of benzene rings is 2. The zero-order valence-electron chi connectivity index (χ0n) is 17.6. The molecule has 0 spiro atoms. The van der Waals surface area contributed by atoms with Crippen molar-refractivity contribution in [3.8, 4) is 17.5 Å². The standard InChI is InChI=1S/C23H20FN5O3/c1-14-5-8-16(12-18(14)24)20-26-19(32-28-20)4-3-11-29-21(30)23(2,27-22(29)31)17-9-6-15(13-25)7-10-17/h5-10,12H,3-4,11H2,1-2H3,(H,27,31). The van der Waals surface area contributed by atoms with Crippen molar-refractivity contribution in [3.05, 3.63) is 70.9 Å². The zero-order valence-corrected chi connectivity index (χ0v) is 17.6. The third kappa shape index (κ3) is 3.83. The molecule has 32 heavy (non-hydrogen) atoms. The highest BCUT2D eigenvalue weighted by Gasteiger charge is 2.48. The van der Waals surface area contributed by atoms with Gasteiger partial charge in [0, 0.05) is 18.5 Å². The van der Waals surface area contributed by atoms with Gasteiger partial charge in [0.15, 0.2) is 0 Å². The number of nitrogens with zero attached hydrogens (tertiary/aromatic N) is 4. The van der Waals surface area contributed by atoms with E-state index in [9.17, 15) is 14.0 Å². The van der Waals surface area contributed by atoms with Crippen molar-refractivity contribution in [2.45, 2.75) is 32.2 Å². The van der Waals surface area contributed by atoms with Crippen molar-refractivity contribution in [2.75, 3.05) is 6.54 Å². The number of nitrogens with one attached hydrogen (secondary N) is 1. The second-order valence-corrected chi connectivity index (χ2v) is 7.78. The van der Waals surface area contributed by atoms with E-state index in [2.05, 4.69) is 15.5 Å². The summed E-state index contributed by atoms with van der Waals surface area (Å²) >= 11 is 0. The summed E-state index contributed by atoms with van der Waals surface area (Å²) in [4.78, 5) is 30.8. The highest BCUT2D eigenvalue weighted by Crippen LogP contribution is 2.29. The van der Waals surface area contributed by atoms with Crippen molar-refractivity contribution >= 4 is 11.9 Å². The quantitative estimate of drug-likeness (QED) is 0.596. The largest absolute Gasteiger partial charge is 0.339 e. The number of hydrogen-bond acceptors (Lipinski definition) is 6. The molecule has 9 heteroatoms. The van der Waals surface area contributed by atoms with Crippen molar-refractivity contribution in [1.29, 1.82) is 5.26 Å². The van der Waals surface area contributed by atoms with Crippen LogP contribution in [0.5, 0.6) is 0 Å². The minimum Gasteiger partial charge on any atom is -0.339 e. The predicted molar refractivity (Wildman–Crippen MR) is 112 cm³/mol. The molecule has 1 atom stereocenters. The Balaban J connectivity index is 1.39. The summed E-state index contributed by atoms with van der Waals surface area (Å²) in [6.07, 6.45) is 0.776. The Morgan fingerprint density at radius 3 is 2.66 bits per heavy atom. The SMILES string of the molecule is Cc1ccc(-c2noc(CCCN3C(=O)NC(C)(c4ccc(C#N)cc4)C3=O)n2)cc1F. The fourth-order valence-corrected chi connectivity index (χ4v) is 3.57. The second-order valence-electron chi connectivity index (χ2n) is 7.78. The first-order chi connectivity index (χ1) is 15.3. The minimum absolute atomic E-state index is 0.174. The first-order valence-electron chi connectivity index (χ1n) is 10.1. The average Bonchev–Trinajstić information content (AvgIpc) is 3.34. The van der Waals surface area contributed by atoms with Gasteiger partial charge in [0.1, 0.15) is 11.4 Å². The fraction of sp³-hybridized carbons (Fsp3) is 0.261. The topological polar surface area (TPSA) is 112 Å². The summed E-state index contributed by atoms with van der Waals surface area (Å²) in [5.74, 6) is -0.101.